The van der Waals surface area contributed by atoms with E-state index in [1.165, 1.54) is 36.7 Å². The summed E-state index contributed by atoms with van der Waals surface area (Å²) in [7, 11) is 0. The number of carbonyl (C=O) groups is 2. The van der Waals surface area contributed by atoms with Crippen molar-refractivity contribution < 1.29 is 36.6 Å². The van der Waals surface area contributed by atoms with Crippen molar-refractivity contribution in [3.63, 3.8) is 0 Å². The minimum Gasteiger partial charge on any atom is -0.478 e. The molecule has 0 unspecified atom stereocenters. The molecule has 0 amide bonds. The number of carboxylic acids is 2. The average molecular weight is 303 g/mol. The fourth-order valence-electron chi connectivity index (χ4n) is 1.41. The second-order valence-electron chi connectivity index (χ2n) is 3.47. The zero-order chi connectivity index (χ0) is 13.1. The summed E-state index contributed by atoms with van der Waals surface area (Å²) in [6.07, 6.45) is 2.68. The fraction of sp³-hybridized carbons (Fsp3) is 0. The van der Waals surface area contributed by atoms with Crippen LogP contribution < -0.4 is 0 Å². The molecule has 0 atom stereocenters. The first-order valence-electron chi connectivity index (χ1n) is 4.97. The Bertz CT molecular complexity index is 575. The zero-order valence-electron chi connectivity index (χ0n) is 9.40. The van der Waals surface area contributed by atoms with Gasteiger partial charge in [-0.1, -0.05) is 0 Å². The number of carboxylic acid groups (broad SMARTS) is 2. The van der Waals surface area contributed by atoms with Gasteiger partial charge in [0.2, 0.25) is 0 Å². The predicted molar refractivity (Wildman–Crippen MR) is 61.4 cm³/mol. The summed E-state index contributed by atoms with van der Waals surface area (Å²) in [5.74, 6) is -2.15. The van der Waals surface area contributed by atoms with E-state index in [0.717, 1.165) is 0 Å². The molecule has 2 heterocycles. The first-order chi connectivity index (χ1) is 8.58. The van der Waals surface area contributed by atoms with Crippen molar-refractivity contribution in [2.24, 2.45) is 0 Å². The molecule has 6 nitrogen and oxygen atoms in total. The summed E-state index contributed by atoms with van der Waals surface area (Å²) in [6, 6.07) is 5.40. The smallest absolute Gasteiger partial charge is 0.335 e. The van der Waals surface area contributed by atoms with Crippen molar-refractivity contribution in [3.05, 3.63) is 47.8 Å². The molecule has 2 aromatic rings. The van der Waals surface area contributed by atoms with Crippen LogP contribution in [0.5, 0.6) is 0 Å². The van der Waals surface area contributed by atoms with E-state index in [0.29, 0.717) is 11.4 Å². The standard InChI is InChI=1S/C12H8N2O4.Co/c15-11(16)7-1-3-13-9(5-7)10-6-8(12(17)18)2-4-14-10;/h1-6H,(H,15,16)(H,17,18);. The molecule has 0 saturated carbocycles. The fourth-order valence-corrected chi connectivity index (χ4v) is 1.41. The zero-order valence-corrected chi connectivity index (χ0v) is 10.4. The predicted octanol–water partition coefficient (Wildman–Crippen LogP) is 1.54. The summed E-state index contributed by atoms with van der Waals surface area (Å²) in [5.41, 5.74) is 0.779. The summed E-state index contributed by atoms with van der Waals surface area (Å²) < 4.78 is 0. The van der Waals surface area contributed by atoms with Crippen LogP contribution in [0.2, 0.25) is 0 Å². The second kappa shape index (κ2) is 6.07. The number of hydrogen-bond donors (Lipinski definition) is 2. The van der Waals surface area contributed by atoms with Crippen molar-refractivity contribution in [2.45, 2.75) is 0 Å². The maximum absolute atomic E-state index is 10.8. The number of aromatic nitrogens is 2. The van der Waals surface area contributed by atoms with E-state index in [9.17, 15) is 9.59 Å². The number of rotatable bonds is 3. The van der Waals surface area contributed by atoms with E-state index in [2.05, 4.69) is 9.97 Å². The van der Waals surface area contributed by atoms with Crippen LogP contribution in [0.1, 0.15) is 20.7 Å². The van der Waals surface area contributed by atoms with Crippen LogP contribution in [-0.2, 0) is 16.8 Å². The van der Waals surface area contributed by atoms with Crippen LogP contribution in [0.3, 0.4) is 0 Å². The third kappa shape index (κ3) is 3.36. The van der Waals surface area contributed by atoms with E-state index < -0.39 is 11.9 Å². The normalized spacial score (nSPS) is 9.47. The third-order valence-electron chi connectivity index (χ3n) is 2.28. The van der Waals surface area contributed by atoms with Gasteiger partial charge in [-0.15, -0.1) is 0 Å². The van der Waals surface area contributed by atoms with E-state index in [1.54, 1.807) is 0 Å². The van der Waals surface area contributed by atoms with Gasteiger partial charge in [0.1, 0.15) is 0 Å². The first-order valence-corrected chi connectivity index (χ1v) is 4.97. The maximum atomic E-state index is 10.8. The molecule has 0 fully saturated rings. The molecule has 2 rings (SSSR count). The van der Waals surface area contributed by atoms with E-state index >= 15 is 0 Å². The molecule has 19 heavy (non-hydrogen) atoms. The van der Waals surface area contributed by atoms with Crippen LogP contribution in [0.4, 0.5) is 0 Å². The molecule has 7 heteroatoms. The van der Waals surface area contributed by atoms with Crippen LogP contribution in [0, 0.1) is 0 Å². The molecular formula is C12H8CoN2O4. The summed E-state index contributed by atoms with van der Waals surface area (Å²) >= 11 is 0. The van der Waals surface area contributed by atoms with Gasteiger partial charge >= 0.3 is 11.9 Å². The van der Waals surface area contributed by atoms with Gasteiger partial charge in [0.05, 0.1) is 22.5 Å². The van der Waals surface area contributed by atoms with Gasteiger partial charge in [-0.3, -0.25) is 9.97 Å². The van der Waals surface area contributed by atoms with Crippen LogP contribution in [0.15, 0.2) is 36.7 Å². The Morgan fingerprint density at radius 3 is 1.53 bits per heavy atom. The van der Waals surface area contributed by atoms with Crippen molar-refractivity contribution in [2.75, 3.05) is 0 Å². The summed E-state index contributed by atoms with van der Waals surface area (Å²) in [5, 5.41) is 17.7. The Balaban J connectivity index is 0.00000180. The SMILES string of the molecule is O=C(O)c1ccnc(-c2cc(C(=O)O)ccn2)c1.[Co]. The number of pyridine rings is 2. The second-order valence-corrected chi connectivity index (χ2v) is 3.47. The molecule has 1 radical (unpaired) electrons. The first kappa shape index (κ1) is 14.8. The van der Waals surface area contributed by atoms with Crippen LogP contribution in [-0.4, -0.2) is 32.1 Å². The number of nitrogens with zero attached hydrogens (tertiary/aromatic N) is 2. The van der Waals surface area contributed by atoms with Crippen molar-refractivity contribution in [1.82, 2.24) is 9.97 Å². The molecule has 0 bridgehead atoms. The molecule has 0 aliphatic carbocycles. The quantitative estimate of drug-likeness (QED) is 0.892. The molecule has 0 aliphatic rings. The molecular weight excluding hydrogens is 295 g/mol. The maximum Gasteiger partial charge on any atom is 0.335 e. The van der Waals surface area contributed by atoms with Crippen molar-refractivity contribution in [3.8, 4) is 11.4 Å². The molecule has 0 saturated heterocycles. The average Bonchev–Trinajstić information content (AvgIpc) is 2.39. The van der Waals surface area contributed by atoms with Crippen LogP contribution >= 0.6 is 0 Å². The Hall–Kier alpha value is -2.25. The monoisotopic (exact) mass is 303 g/mol. The Morgan fingerprint density at radius 2 is 1.21 bits per heavy atom. The summed E-state index contributed by atoms with van der Waals surface area (Å²) in [6.45, 7) is 0. The third-order valence-corrected chi connectivity index (χ3v) is 2.28. The molecule has 99 valence electrons. The van der Waals surface area contributed by atoms with Gasteiger partial charge in [-0.05, 0) is 24.3 Å². The van der Waals surface area contributed by atoms with Gasteiger partial charge in [-0.2, -0.15) is 0 Å². The molecule has 2 N–H and O–H groups in total. The minimum atomic E-state index is -1.08. The van der Waals surface area contributed by atoms with Gasteiger partial charge in [-0.25, -0.2) is 9.59 Å². The van der Waals surface area contributed by atoms with Gasteiger partial charge in [0.15, 0.2) is 0 Å². The summed E-state index contributed by atoms with van der Waals surface area (Å²) in [4.78, 5) is 29.6. The Morgan fingerprint density at radius 1 is 0.842 bits per heavy atom. The molecule has 0 aliphatic heterocycles. The van der Waals surface area contributed by atoms with E-state index in [1.807, 2.05) is 0 Å². The van der Waals surface area contributed by atoms with E-state index in [-0.39, 0.29) is 27.9 Å². The van der Waals surface area contributed by atoms with Crippen LogP contribution in [0.25, 0.3) is 11.4 Å². The largest absolute Gasteiger partial charge is 0.478 e. The van der Waals surface area contributed by atoms with Gasteiger partial charge < -0.3 is 10.2 Å². The minimum absolute atomic E-state index is 0. The molecule has 0 aromatic carbocycles. The number of aromatic carboxylic acids is 2. The molecule has 0 spiro atoms. The van der Waals surface area contributed by atoms with Gasteiger partial charge in [0, 0.05) is 29.2 Å². The van der Waals surface area contributed by atoms with Crippen molar-refractivity contribution >= 4 is 11.9 Å². The van der Waals surface area contributed by atoms with Crippen molar-refractivity contribution in [1.29, 1.82) is 0 Å². The van der Waals surface area contributed by atoms with E-state index in [4.69, 9.17) is 10.2 Å². The van der Waals surface area contributed by atoms with Gasteiger partial charge in [0.25, 0.3) is 0 Å². The topological polar surface area (TPSA) is 100 Å². The molecule has 2 aromatic heterocycles. The number of hydrogen-bond acceptors (Lipinski definition) is 4. The Labute approximate surface area is 118 Å². The Kier molecular flexibility index (Phi) is 4.73.